The van der Waals surface area contributed by atoms with Gasteiger partial charge in [-0.05, 0) is 68.2 Å². The van der Waals surface area contributed by atoms with Crippen molar-refractivity contribution in [1.29, 1.82) is 0 Å². The van der Waals surface area contributed by atoms with E-state index in [9.17, 15) is 14.4 Å². The Labute approximate surface area is 255 Å². The first-order valence-electron chi connectivity index (χ1n) is 13.5. The molecule has 220 valence electrons. The van der Waals surface area contributed by atoms with Crippen LogP contribution in [0.2, 0.25) is 10.0 Å². The fourth-order valence-electron chi connectivity index (χ4n) is 4.39. The number of carbonyl (C=O) groups is 3. The van der Waals surface area contributed by atoms with Crippen molar-refractivity contribution in [2.75, 3.05) is 17.2 Å². The number of rotatable bonds is 8. The van der Waals surface area contributed by atoms with E-state index in [-0.39, 0.29) is 18.9 Å². The van der Waals surface area contributed by atoms with E-state index in [0.29, 0.717) is 45.5 Å². The van der Waals surface area contributed by atoms with Gasteiger partial charge in [-0.15, -0.1) is 0 Å². The summed E-state index contributed by atoms with van der Waals surface area (Å²) in [6.45, 7) is 5.98. The van der Waals surface area contributed by atoms with Gasteiger partial charge in [0.1, 0.15) is 18.2 Å². The number of nitrogens with one attached hydrogen (secondary N) is 3. The molecule has 4 rings (SSSR count). The molecular formula is C32H33Cl2N3O5. The average molecular weight is 611 g/mol. The summed E-state index contributed by atoms with van der Waals surface area (Å²) in [6.07, 6.45) is 1.77. The Bertz CT molecular complexity index is 1470. The summed E-state index contributed by atoms with van der Waals surface area (Å²) in [5.74, 6) is -0.830. The van der Waals surface area contributed by atoms with E-state index in [2.05, 4.69) is 16.0 Å². The fraction of sp³-hybridized carbons (Fsp3) is 0.281. The van der Waals surface area contributed by atoms with E-state index in [1.54, 1.807) is 24.3 Å². The third kappa shape index (κ3) is 8.99. The Morgan fingerprint density at radius 1 is 1.00 bits per heavy atom. The van der Waals surface area contributed by atoms with E-state index >= 15 is 0 Å². The molecule has 10 heteroatoms. The lowest BCUT2D eigenvalue weighted by Gasteiger charge is -2.28. The molecule has 0 spiro atoms. The second-order valence-corrected chi connectivity index (χ2v) is 11.7. The Balaban J connectivity index is 1.41. The maximum atomic E-state index is 13.0. The molecule has 2 amide bonds. The number of fused-ring (bicyclic) bond motifs is 1. The zero-order valence-electron chi connectivity index (χ0n) is 23.6. The number of amides is 2. The van der Waals surface area contributed by atoms with Crippen molar-refractivity contribution in [3.05, 3.63) is 99.5 Å². The van der Waals surface area contributed by atoms with Gasteiger partial charge in [0.15, 0.2) is 0 Å². The normalized spacial score (nSPS) is 15.3. The molecule has 1 atom stereocenters. The molecule has 1 unspecified atom stereocenters. The second-order valence-electron chi connectivity index (χ2n) is 10.8. The maximum absolute atomic E-state index is 13.0. The van der Waals surface area contributed by atoms with Crippen molar-refractivity contribution in [2.24, 2.45) is 0 Å². The van der Waals surface area contributed by atoms with Crippen LogP contribution < -0.4 is 16.0 Å². The van der Waals surface area contributed by atoms with Crippen LogP contribution in [0, 0.1) is 0 Å². The number of benzene rings is 3. The molecule has 3 aromatic rings. The lowest BCUT2D eigenvalue weighted by atomic mass is 9.91. The molecule has 0 saturated carbocycles. The molecular weight excluding hydrogens is 577 g/mol. The van der Waals surface area contributed by atoms with Crippen LogP contribution in [0.1, 0.15) is 43.9 Å². The average Bonchev–Trinajstić information content (AvgIpc) is 2.91. The molecule has 0 saturated heterocycles. The first kappa shape index (κ1) is 30.9. The Morgan fingerprint density at radius 2 is 1.71 bits per heavy atom. The van der Waals surface area contributed by atoms with Crippen LogP contribution in [0.5, 0.6) is 0 Å². The quantitative estimate of drug-likeness (QED) is 0.187. The first-order chi connectivity index (χ1) is 20.0. The molecule has 3 N–H and O–H groups in total. The Morgan fingerprint density at radius 3 is 2.40 bits per heavy atom. The minimum absolute atomic E-state index is 0.133. The first-order valence-corrected chi connectivity index (χ1v) is 14.3. The van der Waals surface area contributed by atoms with E-state index < -0.39 is 23.7 Å². The predicted molar refractivity (Wildman–Crippen MR) is 166 cm³/mol. The number of hydrogen-bond acceptors (Lipinski definition) is 6. The number of carbonyl (C=O) groups excluding carboxylic acids is 3. The zero-order chi connectivity index (χ0) is 30.3. The van der Waals surface area contributed by atoms with Gasteiger partial charge >= 0.3 is 12.1 Å². The molecule has 0 aliphatic carbocycles. The van der Waals surface area contributed by atoms with Gasteiger partial charge in [-0.25, -0.2) is 9.59 Å². The van der Waals surface area contributed by atoms with Crippen molar-refractivity contribution in [3.8, 4) is 0 Å². The largest absolute Gasteiger partial charge is 0.459 e. The van der Waals surface area contributed by atoms with Crippen LogP contribution in [0.4, 0.5) is 16.2 Å². The summed E-state index contributed by atoms with van der Waals surface area (Å²) in [4.78, 5) is 37.8. The lowest BCUT2D eigenvalue weighted by Crippen LogP contribution is -2.35. The number of halogens is 2. The Kier molecular flexibility index (Phi) is 10.1. The van der Waals surface area contributed by atoms with Gasteiger partial charge in [0, 0.05) is 41.0 Å². The molecule has 0 fully saturated rings. The highest BCUT2D eigenvalue weighted by Crippen LogP contribution is 2.40. The van der Waals surface area contributed by atoms with Gasteiger partial charge in [0.2, 0.25) is 5.91 Å². The zero-order valence-corrected chi connectivity index (χ0v) is 25.1. The second kappa shape index (κ2) is 13.8. The highest BCUT2D eigenvalue weighted by Gasteiger charge is 2.30. The molecule has 42 heavy (non-hydrogen) atoms. The summed E-state index contributed by atoms with van der Waals surface area (Å²) in [7, 11) is 0. The smallest absolute Gasteiger partial charge is 0.407 e. The highest BCUT2D eigenvalue weighted by atomic mass is 35.5. The van der Waals surface area contributed by atoms with Gasteiger partial charge in [-0.3, -0.25) is 4.79 Å². The van der Waals surface area contributed by atoms with Gasteiger partial charge in [-0.1, -0.05) is 65.7 Å². The van der Waals surface area contributed by atoms with Crippen molar-refractivity contribution in [1.82, 2.24) is 5.32 Å². The van der Waals surface area contributed by atoms with Crippen molar-refractivity contribution in [3.63, 3.8) is 0 Å². The number of alkyl carbamates (subject to hydrolysis) is 1. The minimum Gasteiger partial charge on any atom is -0.459 e. The van der Waals surface area contributed by atoms with E-state index in [1.807, 2.05) is 63.2 Å². The molecule has 8 nitrogen and oxygen atoms in total. The molecule has 0 radical (unpaired) electrons. The van der Waals surface area contributed by atoms with Crippen LogP contribution in [-0.2, 0) is 32.1 Å². The van der Waals surface area contributed by atoms with E-state index in [1.165, 1.54) is 6.08 Å². The van der Waals surface area contributed by atoms with Crippen molar-refractivity contribution >= 4 is 58.1 Å². The number of ether oxygens (including phenoxy) is 2. The monoisotopic (exact) mass is 609 g/mol. The number of esters is 1. The summed E-state index contributed by atoms with van der Waals surface area (Å²) in [5.41, 5.74) is 3.62. The van der Waals surface area contributed by atoms with Gasteiger partial charge in [0.25, 0.3) is 0 Å². The minimum atomic E-state index is -0.733. The summed E-state index contributed by atoms with van der Waals surface area (Å²) >= 11 is 12.7. The summed E-state index contributed by atoms with van der Waals surface area (Å²) in [5, 5.41) is 9.51. The third-order valence-electron chi connectivity index (χ3n) is 6.25. The lowest BCUT2D eigenvalue weighted by molar-refractivity contribution is -0.145. The van der Waals surface area contributed by atoms with Crippen LogP contribution in [0.15, 0.2) is 72.8 Å². The SMILES string of the molecule is CC(C)(C)OC(=O)NCCc1ccc(NC(=O)/C=C2\CC(C(=O)OCc3ccccc3)Nc3cc(Cl)cc(Cl)c32)cc1. The summed E-state index contributed by atoms with van der Waals surface area (Å²) in [6, 6.07) is 19.2. The topological polar surface area (TPSA) is 106 Å². The molecule has 0 aromatic heterocycles. The molecule has 0 bridgehead atoms. The van der Waals surface area contributed by atoms with Gasteiger partial charge < -0.3 is 25.4 Å². The van der Waals surface area contributed by atoms with Crippen LogP contribution in [-0.4, -0.2) is 36.2 Å². The van der Waals surface area contributed by atoms with Crippen molar-refractivity contribution < 1.29 is 23.9 Å². The van der Waals surface area contributed by atoms with E-state index in [0.717, 1.165) is 11.1 Å². The van der Waals surface area contributed by atoms with Crippen molar-refractivity contribution in [2.45, 2.75) is 51.9 Å². The van der Waals surface area contributed by atoms with Crippen LogP contribution in [0.25, 0.3) is 5.57 Å². The van der Waals surface area contributed by atoms with Gasteiger partial charge in [0.05, 0.1) is 5.02 Å². The molecule has 1 aliphatic rings. The van der Waals surface area contributed by atoms with Gasteiger partial charge in [-0.2, -0.15) is 0 Å². The van der Waals surface area contributed by atoms with Crippen LogP contribution >= 0.6 is 23.2 Å². The standard InChI is InChI=1S/C32H33Cl2N3O5/c1-32(2,3)42-31(40)35-14-13-20-9-11-24(12-10-20)36-28(38)16-22-15-27(30(39)41-19-21-7-5-4-6-8-21)37-26-18-23(33)17-25(34)29(22)26/h4-12,16-18,27,37H,13-15,19H2,1-3H3,(H,35,40)(H,36,38)/b22-16+. The number of anilines is 2. The Hall–Kier alpha value is -4.01. The molecule has 1 heterocycles. The molecule has 1 aliphatic heterocycles. The summed E-state index contributed by atoms with van der Waals surface area (Å²) < 4.78 is 10.8. The third-order valence-corrected chi connectivity index (χ3v) is 6.76. The fourth-order valence-corrected chi connectivity index (χ4v) is 5.01. The predicted octanol–water partition coefficient (Wildman–Crippen LogP) is 7.01. The van der Waals surface area contributed by atoms with E-state index in [4.69, 9.17) is 32.7 Å². The molecule has 3 aromatic carbocycles. The maximum Gasteiger partial charge on any atom is 0.407 e. The van der Waals surface area contributed by atoms with Crippen LogP contribution in [0.3, 0.4) is 0 Å². The highest BCUT2D eigenvalue weighted by molar-refractivity contribution is 6.36. The number of hydrogen-bond donors (Lipinski definition) is 3.